The number of Topliss-reactive ketones (excluding diaryl/α,β-unsaturated/α-hetero) is 2. The second kappa shape index (κ2) is 7.67. The monoisotopic (exact) mass is 420 g/mol. The Morgan fingerprint density at radius 3 is 2.37 bits per heavy atom. The third-order valence-corrected chi connectivity index (χ3v) is 6.50. The van der Waals surface area contributed by atoms with E-state index in [0.29, 0.717) is 18.8 Å². The number of imidazole rings is 1. The van der Waals surface area contributed by atoms with Crippen molar-refractivity contribution in [1.82, 2.24) is 9.55 Å². The minimum atomic E-state index is -4.34. The van der Waals surface area contributed by atoms with Crippen LogP contribution in [0, 0.1) is 5.92 Å². The Morgan fingerprint density at radius 2 is 1.80 bits per heavy atom. The highest BCUT2D eigenvalue weighted by Crippen LogP contribution is 2.55. The molecule has 0 spiro atoms. The summed E-state index contributed by atoms with van der Waals surface area (Å²) in [5.41, 5.74) is -1.27. The van der Waals surface area contributed by atoms with E-state index in [1.807, 2.05) is 13.8 Å². The van der Waals surface area contributed by atoms with Gasteiger partial charge in [-0.05, 0) is 38.3 Å². The zero-order chi connectivity index (χ0) is 22.3. The molecule has 4 nitrogen and oxygen atoms in total. The van der Waals surface area contributed by atoms with Crippen LogP contribution in [-0.2, 0) is 22.2 Å². The first-order chi connectivity index (χ1) is 13.9. The molecule has 3 rings (SSSR count). The standard InChI is InChI=1S/C23H27F3N2O2/c1-5-28-13-12-27-20(28)19(30)11-10-18(29)17-14-22(17,4)16-8-6-15(7-9-16)21(2,3)23(24,25)26/h6-9,12-13,17H,5,10-11,14H2,1-4H3. The molecule has 1 aromatic carbocycles. The second-order valence-corrected chi connectivity index (χ2v) is 8.80. The van der Waals surface area contributed by atoms with Crippen LogP contribution in [0.3, 0.4) is 0 Å². The summed E-state index contributed by atoms with van der Waals surface area (Å²) in [6, 6.07) is 6.39. The molecule has 1 saturated carbocycles. The van der Waals surface area contributed by atoms with E-state index in [1.165, 1.54) is 12.1 Å². The van der Waals surface area contributed by atoms with Crippen LogP contribution in [-0.4, -0.2) is 27.3 Å². The van der Waals surface area contributed by atoms with E-state index in [-0.39, 0.29) is 41.3 Å². The normalized spacial score (nSPS) is 21.5. The van der Waals surface area contributed by atoms with Crippen molar-refractivity contribution in [1.29, 1.82) is 0 Å². The van der Waals surface area contributed by atoms with Gasteiger partial charge in [0.15, 0.2) is 11.6 Å². The van der Waals surface area contributed by atoms with Crippen LogP contribution < -0.4 is 0 Å². The summed E-state index contributed by atoms with van der Waals surface area (Å²) in [7, 11) is 0. The number of aromatic nitrogens is 2. The first-order valence-electron chi connectivity index (χ1n) is 10.2. The zero-order valence-corrected chi connectivity index (χ0v) is 17.7. The number of aryl methyl sites for hydroxylation is 1. The van der Waals surface area contributed by atoms with Gasteiger partial charge >= 0.3 is 6.18 Å². The van der Waals surface area contributed by atoms with Gasteiger partial charge < -0.3 is 4.57 Å². The summed E-state index contributed by atoms with van der Waals surface area (Å²) in [6.45, 7) is 6.82. The molecule has 162 valence electrons. The summed E-state index contributed by atoms with van der Waals surface area (Å²) in [5, 5.41) is 0. The van der Waals surface area contributed by atoms with Crippen molar-refractivity contribution in [3.05, 3.63) is 53.6 Å². The first-order valence-corrected chi connectivity index (χ1v) is 10.2. The fraction of sp³-hybridized carbons (Fsp3) is 0.522. The Balaban J connectivity index is 1.63. The average molecular weight is 420 g/mol. The lowest BCUT2D eigenvalue weighted by Crippen LogP contribution is -2.36. The van der Waals surface area contributed by atoms with Crippen LogP contribution in [0.5, 0.6) is 0 Å². The summed E-state index contributed by atoms with van der Waals surface area (Å²) < 4.78 is 41.5. The molecule has 0 amide bonds. The Morgan fingerprint density at radius 1 is 1.17 bits per heavy atom. The van der Waals surface area contributed by atoms with Crippen LogP contribution in [0.15, 0.2) is 36.7 Å². The Hall–Kier alpha value is -2.44. The largest absolute Gasteiger partial charge is 0.397 e. The number of hydrogen-bond donors (Lipinski definition) is 0. The lowest BCUT2D eigenvalue weighted by molar-refractivity contribution is -0.180. The number of rotatable bonds is 8. The van der Waals surface area contributed by atoms with Crippen LogP contribution in [0.25, 0.3) is 0 Å². The fourth-order valence-corrected chi connectivity index (χ4v) is 3.92. The molecule has 0 N–H and O–H groups in total. The molecule has 2 aromatic rings. The van der Waals surface area contributed by atoms with E-state index in [9.17, 15) is 22.8 Å². The van der Waals surface area contributed by atoms with Gasteiger partial charge in [0, 0.05) is 43.1 Å². The molecule has 1 heterocycles. The number of carbonyl (C=O) groups excluding carboxylic acids is 2. The highest BCUT2D eigenvalue weighted by molar-refractivity contribution is 5.96. The molecule has 2 unspecified atom stereocenters. The number of benzene rings is 1. The third kappa shape index (κ3) is 3.94. The van der Waals surface area contributed by atoms with E-state index < -0.39 is 11.6 Å². The minimum Gasteiger partial charge on any atom is -0.329 e. The van der Waals surface area contributed by atoms with E-state index in [1.54, 1.807) is 29.1 Å². The molecular weight excluding hydrogens is 393 g/mol. The molecule has 0 radical (unpaired) electrons. The summed E-state index contributed by atoms with van der Waals surface area (Å²) in [4.78, 5) is 29.1. The molecule has 0 bridgehead atoms. The van der Waals surface area contributed by atoms with Crippen molar-refractivity contribution in [2.45, 2.75) is 70.5 Å². The number of halogens is 3. The number of carbonyl (C=O) groups is 2. The van der Waals surface area contributed by atoms with Crippen molar-refractivity contribution >= 4 is 11.6 Å². The highest BCUT2D eigenvalue weighted by Gasteiger charge is 2.55. The summed E-state index contributed by atoms with van der Waals surface area (Å²) in [5.74, 6) is 0.0147. The molecule has 1 aromatic heterocycles. The predicted molar refractivity (Wildman–Crippen MR) is 107 cm³/mol. The Labute approximate surface area is 174 Å². The number of ketones is 2. The molecule has 0 saturated heterocycles. The van der Waals surface area contributed by atoms with Crippen molar-refractivity contribution in [3.63, 3.8) is 0 Å². The van der Waals surface area contributed by atoms with Gasteiger partial charge in [0.1, 0.15) is 5.78 Å². The lowest BCUT2D eigenvalue weighted by atomic mass is 9.82. The molecule has 7 heteroatoms. The molecule has 1 fully saturated rings. The summed E-state index contributed by atoms with van der Waals surface area (Å²) >= 11 is 0. The average Bonchev–Trinajstić information content (AvgIpc) is 3.17. The van der Waals surface area contributed by atoms with Crippen LogP contribution in [0.1, 0.15) is 68.7 Å². The SMILES string of the molecule is CCn1ccnc1C(=O)CCC(=O)C1CC1(C)c1ccc(C(C)(C)C(F)(F)F)cc1. The molecule has 0 aliphatic heterocycles. The van der Waals surface area contributed by atoms with Gasteiger partial charge in [-0.3, -0.25) is 9.59 Å². The molecule has 1 aliphatic carbocycles. The first kappa shape index (κ1) is 22.2. The molecule has 30 heavy (non-hydrogen) atoms. The maximum atomic E-state index is 13.3. The third-order valence-electron chi connectivity index (χ3n) is 6.50. The van der Waals surface area contributed by atoms with E-state index >= 15 is 0 Å². The highest BCUT2D eigenvalue weighted by atomic mass is 19.4. The van der Waals surface area contributed by atoms with Crippen molar-refractivity contribution in [2.75, 3.05) is 0 Å². The minimum absolute atomic E-state index is 0.0140. The van der Waals surface area contributed by atoms with Gasteiger partial charge in [-0.15, -0.1) is 0 Å². The van der Waals surface area contributed by atoms with E-state index in [2.05, 4.69) is 4.98 Å². The van der Waals surface area contributed by atoms with Gasteiger partial charge in [0.2, 0.25) is 0 Å². The van der Waals surface area contributed by atoms with Gasteiger partial charge in [0.05, 0.1) is 5.41 Å². The van der Waals surface area contributed by atoms with Gasteiger partial charge in [-0.25, -0.2) is 4.98 Å². The number of nitrogens with zero attached hydrogens (tertiary/aromatic N) is 2. The van der Waals surface area contributed by atoms with E-state index in [0.717, 1.165) is 19.4 Å². The smallest absolute Gasteiger partial charge is 0.329 e. The predicted octanol–water partition coefficient (Wildman–Crippen LogP) is 5.25. The topological polar surface area (TPSA) is 52.0 Å². The van der Waals surface area contributed by atoms with Gasteiger partial charge in [-0.2, -0.15) is 13.2 Å². The van der Waals surface area contributed by atoms with Crippen LogP contribution in [0.2, 0.25) is 0 Å². The Kier molecular flexibility index (Phi) is 5.69. The summed E-state index contributed by atoms with van der Waals surface area (Å²) in [6.07, 6.45) is -0.131. The van der Waals surface area contributed by atoms with Crippen LogP contribution >= 0.6 is 0 Å². The van der Waals surface area contributed by atoms with Crippen molar-refractivity contribution in [2.24, 2.45) is 5.92 Å². The van der Waals surface area contributed by atoms with E-state index in [4.69, 9.17) is 0 Å². The Bertz CT molecular complexity index is 944. The maximum absolute atomic E-state index is 13.3. The molecule has 1 aliphatic rings. The van der Waals surface area contributed by atoms with Crippen molar-refractivity contribution < 1.29 is 22.8 Å². The van der Waals surface area contributed by atoms with Gasteiger partial charge in [0.25, 0.3) is 0 Å². The van der Waals surface area contributed by atoms with Gasteiger partial charge in [-0.1, -0.05) is 31.2 Å². The maximum Gasteiger partial charge on any atom is 0.397 e. The lowest BCUT2D eigenvalue weighted by Gasteiger charge is -2.28. The van der Waals surface area contributed by atoms with Crippen molar-refractivity contribution in [3.8, 4) is 0 Å². The molecule has 2 atom stereocenters. The van der Waals surface area contributed by atoms with Crippen LogP contribution in [0.4, 0.5) is 13.2 Å². The second-order valence-electron chi connectivity index (χ2n) is 8.80. The fourth-order valence-electron chi connectivity index (χ4n) is 3.92. The number of hydrogen-bond acceptors (Lipinski definition) is 3. The zero-order valence-electron chi connectivity index (χ0n) is 17.7. The quantitative estimate of drug-likeness (QED) is 0.548. The molecular formula is C23H27F3N2O2. The number of alkyl halides is 3.